The summed E-state index contributed by atoms with van der Waals surface area (Å²) in [6.45, 7) is 8.85. The Kier molecular flexibility index (Phi) is 8.82. The Morgan fingerprint density at radius 2 is 1.78 bits per heavy atom. The zero-order chi connectivity index (χ0) is 26.3. The van der Waals surface area contributed by atoms with Gasteiger partial charge in [0.15, 0.2) is 0 Å². The number of benzene rings is 1. The van der Waals surface area contributed by atoms with E-state index in [0.717, 1.165) is 17.8 Å². The predicted molar refractivity (Wildman–Crippen MR) is 139 cm³/mol. The topological polar surface area (TPSA) is 110 Å². The van der Waals surface area contributed by atoms with Crippen LogP contribution in [0.5, 0.6) is 0 Å². The van der Waals surface area contributed by atoms with Gasteiger partial charge in [0.05, 0.1) is 23.9 Å². The number of likely N-dealkylation sites (tertiary alicyclic amines) is 1. The van der Waals surface area contributed by atoms with Gasteiger partial charge in [-0.3, -0.25) is 19.9 Å². The summed E-state index contributed by atoms with van der Waals surface area (Å²) in [6.07, 6.45) is 4.12. The quantitative estimate of drug-likeness (QED) is 0.436. The summed E-state index contributed by atoms with van der Waals surface area (Å²) in [6, 6.07) is 10.6. The van der Waals surface area contributed by atoms with E-state index in [4.69, 9.17) is 9.47 Å². The molecular formula is C27H34N4O5. The van der Waals surface area contributed by atoms with Gasteiger partial charge in [-0.1, -0.05) is 18.2 Å². The standard InChI is InChI=1S/C27H34N4O5/c1-6-35-25(33)20-17-31(5)16-19(20)21-13-11-18(15-28-21)12-14-24(32)29-22-9-7-8-10-23(22)30-26(34)36-27(2,3)4/h7-15,19-20H,6,16-17H2,1-5H3,(H,29,32)(H,30,34)/b14-12+/t19-,20-/m0/s1. The lowest BCUT2D eigenvalue weighted by molar-refractivity contribution is -0.148. The van der Waals surface area contributed by atoms with Gasteiger partial charge in [0.1, 0.15) is 5.60 Å². The first kappa shape index (κ1) is 26.9. The molecule has 0 unspecified atom stereocenters. The van der Waals surface area contributed by atoms with Crippen LogP contribution in [0.15, 0.2) is 48.7 Å². The summed E-state index contributed by atoms with van der Waals surface area (Å²) in [7, 11) is 1.98. The second kappa shape index (κ2) is 11.8. The Balaban J connectivity index is 1.63. The van der Waals surface area contributed by atoms with E-state index >= 15 is 0 Å². The van der Waals surface area contributed by atoms with Crippen LogP contribution < -0.4 is 10.6 Å². The molecule has 1 aliphatic rings. The number of nitrogens with zero attached hydrogens (tertiary/aromatic N) is 2. The van der Waals surface area contributed by atoms with Gasteiger partial charge in [-0.05, 0) is 64.6 Å². The fourth-order valence-corrected chi connectivity index (χ4v) is 3.98. The molecule has 2 atom stereocenters. The molecule has 2 heterocycles. The minimum Gasteiger partial charge on any atom is -0.466 e. The molecule has 9 nitrogen and oxygen atoms in total. The van der Waals surface area contributed by atoms with E-state index < -0.39 is 11.7 Å². The first-order valence-electron chi connectivity index (χ1n) is 11.9. The maximum Gasteiger partial charge on any atom is 0.412 e. The molecule has 1 saturated heterocycles. The number of ether oxygens (including phenoxy) is 2. The molecule has 0 spiro atoms. The number of likely N-dealkylation sites (N-methyl/N-ethyl adjacent to an activating group) is 1. The van der Waals surface area contributed by atoms with E-state index in [0.29, 0.717) is 24.5 Å². The molecule has 3 rings (SSSR count). The molecule has 2 N–H and O–H groups in total. The van der Waals surface area contributed by atoms with E-state index in [1.54, 1.807) is 64.2 Å². The van der Waals surface area contributed by atoms with Crippen molar-refractivity contribution < 1.29 is 23.9 Å². The van der Waals surface area contributed by atoms with E-state index in [2.05, 4.69) is 20.5 Å². The van der Waals surface area contributed by atoms with Crippen LogP contribution in [0.1, 0.15) is 44.9 Å². The second-order valence-electron chi connectivity index (χ2n) is 9.70. The molecule has 36 heavy (non-hydrogen) atoms. The minimum absolute atomic E-state index is 0.0376. The number of nitrogens with one attached hydrogen (secondary N) is 2. The number of esters is 1. The van der Waals surface area contributed by atoms with Gasteiger partial charge in [-0.15, -0.1) is 0 Å². The first-order chi connectivity index (χ1) is 17.1. The Morgan fingerprint density at radius 3 is 2.39 bits per heavy atom. The molecule has 2 aromatic rings. The Bertz CT molecular complexity index is 1110. The number of rotatable bonds is 7. The molecule has 1 aromatic carbocycles. The van der Waals surface area contributed by atoms with Crippen molar-refractivity contribution in [3.05, 3.63) is 59.9 Å². The van der Waals surface area contributed by atoms with E-state index in [1.807, 2.05) is 19.2 Å². The highest BCUT2D eigenvalue weighted by Crippen LogP contribution is 2.32. The molecule has 0 radical (unpaired) electrons. The van der Waals surface area contributed by atoms with Crippen LogP contribution in [0.2, 0.25) is 0 Å². The summed E-state index contributed by atoms with van der Waals surface area (Å²) in [5, 5.41) is 5.42. The van der Waals surface area contributed by atoms with Crippen molar-refractivity contribution in [2.75, 3.05) is 37.4 Å². The Labute approximate surface area is 211 Å². The van der Waals surface area contributed by atoms with Gasteiger partial charge < -0.3 is 19.7 Å². The van der Waals surface area contributed by atoms with Gasteiger partial charge >= 0.3 is 12.1 Å². The second-order valence-corrected chi connectivity index (χ2v) is 9.70. The van der Waals surface area contributed by atoms with Crippen LogP contribution >= 0.6 is 0 Å². The molecule has 192 valence electrons. The van der Waals surface area contributed by atoms with Gasteiger partial charge in [0.2, 0.25) is 5.91 Å². The average Bonchev–Trinajstić information content (AvgIpc) is 3.20. The fourth-order valence-electron chi connectivity index (χ4n) is 3.98. The maximum atomic E-state index is 12.5. The van der Waals surface area contributed by atoms with E-state index in [9.17, 15) is 14.4 Å². The van der Waals surface area contributed by atoms with Crippen molar-refractivity contribution in [3.63, 3.8) is 0 Å². The monoisotopic (exact) mass is 494 g/mol. The highest BCUT2D eigenvalue weighted by Gasteiger charge is 2.38. The Morgan fingerprint density at radius 1 is 1.08 bits per heavy atom. The molecule has 1 aromatic heterocycles. The first-order valence-corrected chi connectivity index (χ1v) is 11.9. The third-order valence-electron chi connectivity index (χ3n) is 5.53. The van der Waals surface area contributed by atoms with Gasteiger partial charge in [-0.25, -0.2) is 4.79 Å². The number of pyridine rings is 1. The molecule has 1 aliphatic heterocycles. The number of anilines is 2. The largest absolute Gasteiger partial charge is 0.466 e. The third kappa shape index (κ3) is 7.64. The van der Waals surface area contributed by atoms with Crippen LogP contribution in [0.3, 0.4) is 0 Å². The number of carbonyl (C=O) groups excluding carboxylic acids is 3. The molecule has 0 bridgehead atoms. The average molecular weight is 495 g/mol. The lowest BCUT2D eigenvalue weighted by atomic mass is 9.92. The number of aromatic nitrogens is 1. The number of para-hydroxylation sites is 2. The van der Waals surface area contributed by atoms with E-state index in [1.165, 1.54) is 6.08 Å². The normalized spacial score (nSPS) is 18.1. The fraction of sp³-hybridized carbons (Fsp3) is 0.407. The summed E-state index contributed by atoms with van der Waals surface area (Å²) in [4.78, 5) is 43.6. The lowest BCUT2D eigenvalue weighted by Gasteiger charge is -2.20. The number of hydrogen-bond donors (Lipinski definition) is 2. The van der Waals surface area contributed by atoms with Crippen molar-refractivity contribution in [2.45, 2.75) is 39.2 Å². The zero-order valence-electron chi connectivity index (χ0n) is 21.4. The van der Waals surface area contributed by atoms with Crippen LogP contribution in [-0.4, -0.2) is 60.2 Å². The minimum atomic E-state index is -0.637. The smallest absolute Gasteiger partial charge is 0.412 e. The van der Waals surface area contributed by atoms with Crippen molar-refractivity contribution in [3.8, 4) is 0 Å². The van der Waals surface area contributed by atoms with Crippen LogP contribution in [-0.2, 0) is 19.1 Å². The summed E-state index contributed by atoms with van der Waals surface area (Å²) < 4.78 is 10.5. The summed E-state index contributed by atoms with van der Waals surface area (Å²) >= 11 is 0. The van der Waals surface area contributed by atoms with E-state index in [-0.39, 0.29) is 23.7 Å². The van der Waals surface area contributed by atoms with Crippen LogP contribution in [0.25, 0.3) is 6.08 Å². The summed E-state index contributed by atoms with van der Waals surface area (Å²) in [5.41, 5.74) is 1.80. The van der Waals surface area contributed by atoms with Gasteiger partial charge in [-0.2, -0.15) is 0 Å². The summed E-state index contributed by atoms with van der Waals surface area (Å²) in [5.74, 6) is -0.846. The predicted octanol–water partition coefficient (Wildman–Crippen LogP) is 4.29. The zero-order valence-corrected chi connectivity index (χ0v) is 21.4. The number of hydrogen-bond acceptors (Lipinski definition) is 7. The van der Waals surface area contributed by atoms with Gasteiger partial charge in [0, 0.05) is 37.0 Å². The molecular weight excluding hydrogens is 460 g/mol. The number of carbonyl (C=O) groups is 3. The van der Waals surface area contributed by atoms with Crippen molar-refractivity contribution in [1.29, 1.82) is 0 Å². The van der Waals surface area contributed by atoms with Gasteiger partial charge in [0.25, 0.3) is 0 Å². The molecule has 0 aliphatic carbocycles. The molecule has 0 saturated carbocycles. The highest BCUT2D eigenvalue weighted by molar-refractivity contribution is 6.04. The van der Waals surface area contributed by atoms with Crippen molar-refractivity contribution in [2.24, 2.45) is 5.92 Å². The molecule has 1 fully saturated rings. The highest BCUT2D eigenvalue weighted by atomic mass is 16.6. The number of amides is 2. The van der Waals surface area contributed by atoms with Crippen LogP contribution in [0, 0.1) is 5.92 Å². The third-order valence-corrected chi connectivity index (χ3v) is 5.53. The SMILES string of the molecule is CCOC(=O)[C@H]1CN(C)C[C@@H]1c1ccc(/C=C/C(=O)Nc2ccccc2NC(=O)OC(C)(C)C)cn1. The lowest BCUT2D eigenvalue weighted by Crippen LogP contribution is -2.27. The van der Waals surface area contributed by atoms with Crippen LogP contribution in [0.4, 0.5) is 16.2 Å². The Hall–Kier alpha value is -3.72. The van der Waals surface area contributed by atoms with Crippen molar-refractivity contribution >= 4 is 35.4 Å². The molecule has 9 heteroatoms. The van der Waals surface area contributed by atoms with Crippen molar-refractivity contribution in [1.82, 2.24) is 9.88 Å². The maximum absolute atomic E-state index is 12.5. The molecule has 2 amide bonds.